The molecule has 57 heavy (non-hydrogen) atoms. The van der Waals surface area contributed by atoms with E-state index in [2.05, 4.69) is 126 Å². The van der Waals surface area contributed by atoms with Gasteiger partial charge in [0, 0.05) is 32.7 Å². The van der Waals surface area contributed by atoms with Crippen molar-refractivity contribution in [3.63, 3.8) is 0 Å². The smallest absolute Gasteiger partial charge is 0.161 e. The first-order chi connectivity index (χ1) is 30.3. The minimum Gasteiger partial charge on any atom is -0.309 e. The molecule has 0 aliphatic rings. The van der Waals surface area contributed by atoms with Crippen LogP contribution in [0.3, 0.4) is 0 Å². The van der Waals surface area contributed by atoms with E-state index in [4.69, 9.17) is 16.8 Å². The molecule has 0 saturated carbocycles. The van der Waals surface area contributed by atoms with Gasteiger partial charge in [-0.05, 0) is 97.4 Å². The SMILES string of the molecule is [2H]c1c([2H])c([2H])c(-c2nc(-c3ccc(-n4c5cc6ccccc6cc5c5c6ccccc6ccc54)c4ccccc34)nc3ccc(-c4ccc5ccccc5c4)cc23)c([2H])c1[2H]. The lowest BCUT2D eigenvalue weighted by Gasteiger charge is -2.16. The molecule has 0 spiro atoms. The monoisotopic (exact) mass is 728 g/mol. The number of benzene rings is 10. The van der Waals surface area contributed by atoms with Crippen LogP contribution < -0.4 is 0 Å². The van der Waals surface area contributed by atoms with Crippen LogP contribution in [0.5, 0.6) is 0 Å². The predicted molar refractivity (Wildman–Crippen MR) is 240 cm³/mol. The van der Waals surface area contributed by atoms with Crippen molar-refractivity contribution in [1.29, 1.82) is 0 Å². The molecule has 2 aromatic heterocycles. The molecule has 2 heterocycles. The summed E-state index contributed by atoms with van der Waals surface area (Å²) in [6, 6.07) is 56.9. The molecule has 264 valence electrons. The Hall–Kier alpha value is -7.62. The van der Waals surface area contributed by atoms with E-state index in [-0.39, 0.29) is 23.3 Å². The van der Waals surface area contributed by atoms with Crippen LogP contribution in [0.15, 0.2) is 200 Å². The van der Waals surface area contributed by atoms with E-state index in [1.807, 2.05) is 48.5 Å². The van der Waals surface area contributed by atoms with Crippen molar-refractivity contribution >= 4 is 75.8 Å². The molecule has 10 aromatic carbocycles. The average molecular weight is 729 g/mol. The van der Waals surface area contributed by atoms with E-state index >= 15 is 0 Å². The summed E-state index contributed by atoms with van der Waals surface area (Å²) in [6.45, 7) is 0. The fraction of sp³-hybridized carbons (Fsp3) is 0. The lowest BCUT2D eigenvalue weighted by atomic mass is 9.97. The van der Waals surface area contributed by atoms with Gasteiger partial charge in [0.05, 0.1) is 34.8 Å². The molecular weight excluding hydrogens is 691 g/mol. The molecule has 0 saturated heterocycles. The summed E-state index contributed by atoms with van der Waals surface area (Å²) in [5.74, 6) is 0.389. The maximum atomic E-state index is 9.07. The Balaban J connectivity index is 1.12. The topological polar surface area (TPSA) is 30.7 Å². The number of rotatable bonds is 4. The quantitative estimate of drug-likeness (QED) is 0.181. The number of aromatic nitrogens is 3. The van der Waals surface area contributed by atoms with E-state index in [1.165, 1.54) is 26.9 Å². The van der Waals surface area contributed by atoms with Crippen LogP contribution in [0, 0.1) is 0 Å². The van der Waals surface area contributed by atoms with Gasteiger partial charge in [0.2, 0.25) is 0 Å². The Kier molecular flexibility index (Phi) is 5.91. The molecular formula is C54H33N3. The van der Waals surface area contributed by atoms with Crippen LogP contribution in [-0.4, -0.2) is 14.5 Å². The van der Waals surface area contributed by atoms with Crippen molar-refractivity contribution in [1.82, 2.24) is 14.5 Å². The molecule has 0 N–H and O–H groups in total. The number of nitrogens with zero attached hydrogens (tertiary/aromatic N) is 3. The zero-order valence-electron chi connectivity index (χ0n) is 35.5. The first kappa shape index (κ1) is 27.0. The summed E-state index contributed by atoms with van der Waals surface area (Å²) in [5.41, 5.74) is 6.74. The van der Waals surface area contributed by atoms with Crippen LogP contribution >= 0.6 is 0 Å². The van der Waals surface area contributed by atoms with Crippen LogP contribution in [0.2, 0.25) is 0 Å². The maximum Gasteiger partial charge on any atom is 0.161 e. The van der Waals surface area contributed by atoms with Crippen LogP contribution in [0.4, 0.5) is 0 Å². The summed E-state index contributed by atoms with van der Waals surface area (Å²) in [6.07, 6.45) is 0. The highest BCUT2D eigenvalue weighted by atomic mass is 15.0. The summed E-state index contributed by atoms with van der Waals surface area (Å²) in [7, 11) is 0. The second-order valence-electron chi connectivity index (χ2n) is 14.6. The van der Waals surface area contributed by atoms with Gasteiger partial charge >= 0.3 is 0 Å². The van der Waals surface area contributed by atoms with Crippen molar-refractivity contribution in [3.8, 4) is 39.5 Å². The molecule has 0 unspecified atom stereocenters. The van der Waals surface area contributed by atoms with Crippen molar-refractivity contribution < 1.29 is 6.85 Å². The van der Waals surface area contributed by atoms with Crippen LogP contribution in [-0.2, 0) is 0 Å². The summed E-state index contributed by atoms with van der Waals surface area (Å²) in [4.78, 5) is 10.4. The van der Waals surface area contributed by atoms with E-state index in [9.17, 15) is 0 Å². The van der Waals surface area contributed by atoms with Gasteiger partial charge in [-0.3, -0.25) is 0 Å². The highest BCUT2D eigenvalue weighted by molar-refractivity contribution is 6.24. The second kappa shape index (κ2) is 12.5. The van der Waals surface area contributed by atoms with E-state index in [0.717, 1.165) is 60.3 Å². The number of hydrogen-bond donors (Lipinski definition) is 0. The van der Waals surface area contributed by atoms with E-state index in [1.54, 1.807) is 0 Å². The molecule has 0 fully saturated rings. The standard InChI is InChI=1S/C54H33N3/c1-2-14-36(15-3-1)53-46-31-41(40-23-22-34-12-4-5-16-37(34)30-40)24-27-48(46)55-54(56-53)45-26-29-49(44-21-11-10-20-43(44)45)57-50-28-25-35-13-8-9-19-42(35)52(50)47-32-38-17-6-7-18-39(38)33-51(47)57/h1-33H/i1D,2D,3D,14D,15D. The van der Waals surface area contributed by atoms with Gasteiger partial charge in [0.25, 0.3) is 0 Å². The van der Waals surface area contributed by atoms with Crippen LogP contribution in [0.25, 0.3) is 115 Å². The first-order valence-electron chi connectivity index (χ1n) is 21.6. The van der Waals surface area contributed by atoms with Gasteiger partial charge in [-0.15, -0.1) is 0 Å². The highest BCUT2D eigenvalue weighted by Crippen LogP contribution is 2.42. The van der Waals surface area contributed by atoms with Crippen LogP contribution in [0.1, 0.15) is 6.85 Å². The molecule has 0 radical (unpaired) electrons. The van der Waals surface area contributed by atoms with Crippen molar-refractivity contribution in [2.24, 2.45) is 0 Å². The Morgan fingerprint density at radius 2 is 1.05 bits per heavy atom. The van der Waals surface area contributed by atoms with Gasteiger partial charge in [0.15, 0.2) is 5.82 Å². The number of fused-ring (bicyclic) bond motifs is 9. The van der Waals surface area contributed by atoms with Crippen molar-refractivity contribution in [2.75, 3.05) is 0 Å². The van der Waals surface area contributed by atoms with Gasteiger partial charge in [-0.25, -0.2) is 9.97 Å². The highest BCUT2D eigenvalue weighted by Gasteiger charge is 2.20. The number of hydrogen-bond acceptors (Lipinski definition) is 2. The second-order valence-corrected chi connectivity index (χ2v) is 14.6. The van der Waals surface area contributed by atoms with Gasteiger partial charge in [-0.2, -0.15) is 0 Å². The largest absolute Gasteiger partial charge is 0.309 e. The van der Waals surface area contributed by atoms with E-state index < -0.39 is 18.1 Å². The van der Waals surface area contributed by atoms with Gasteiger partial charge in [0.1, 0.15) is 0 Å². The maximum absolute atomic E-state index is 9.07. The molecule has 0 atom stereocenters. The Morgan fingerprint density at radius 1 is 0.404 bits per heavy atom. The minimum absolute atomic E-state index is 0.0333. The Morgan fingerprint density at radius 3 is 1.88 bits per heavy atom. The molecule has 3 heteroatoms. The summed E-state index contributed by atoms with van der Waals surface area (Å²) < 4.78 is 46.1. The lowest BCUT2D eigenvalue weighted by molar-refractivity contribution is 1.19. The van der Waals surface area contributed by atoms with Crippen molar-refractivity contribution in [2.45, 2.75) is 0 Å². The average Bonchev–Trinajstić information content (AvgIpc) is 3.64. The third-order valence-corrected chi connectivity index (χ3v) is 11.4. The minimum atomic E-state index is -0.452. The normalized spacial score (nSPS) is 13.1. The molecule has 3 nitrogen and oxygen atoms in total. The predicted octanol–water partition coefficient (Wildman–Crippen LogP) is 14.3. The summed E-state index contributed by atoms with van der Waals surface area (Å²) in [5, 5.41) is 11.8. The van der Waals surface area contributed by atoms with Crippen molar-refractivity contribution in [3.05, 3.63) is 200 Å². The third-order valence-electron chi connectivity index (χ3n) is 11.4. The lowest BCUT2D eigenvalue weighted by Crippen LogP contribution is -1.99. The fourth-order valence-electron chi connectivity index (χ4n) is 8.76. The zero-order chi connectivity index (χ0) is 41.8. The third kappa shape index (κ3) is 4.99. The molecule has 0 amide bonds. The molecule has 12 aromatic rings. The fourth-order valence-corrected chi connectivity index (χ4v) is 8.76. The molecule has 0 aliphatic heterocycles. The van der Waals surface area contributed by atoms with Gasteiger partial charge < -0.3 is 4.57 Å². The Bertz CT molecular complexity index is 3860. The molecule has 0 aliphatic carbocycles. The summed E-state index contributed by atoms with van der Waals surface area (Å²) >= 11 is 0. The van der Waals surface area contributed by atoms with E-state index in [0.29, 0.717) is 16.7 Å². The first-order valence-corrected chi connectivity index (χ1v) is 19.1. The molecule has 0 bridgehead atoms. The Labute approximate surface area is 335 Å². The van der Waals surface area contributed by atoms with Gasteiger partial charge in [-0.1, -0.05) is 152 Å². The zero-order valence-corrected chi connectivity index (χ0v) is 30.5. The molecule has 12 rings (SSSR count).